The lowest BCUT2D eigenvalue weighted by atomic mass is 10.2. The van der Waals surface area contributed by atoms with Crippen LogP contribution in [0.3, 0.4) is 0 Å². The Morgan fingerprint density at radius 3 is 3.06 bits per heavy atom. The molecule has 1 atom stereocenters. The number of imidazole rings is 1. The number of likely N-dealkylation sites (tertiary alicyclic amines) is 1. The van der Waals surface area contributed by atoms with E-state index in [1.807, 2.05) is 4.57 Å². The third kappa shape index (κ3) is 1.71. The van der Waals surface area contributed by atoms with Crippen LogP contribution in [0, 0.1) is 0 Å². The van der Waals surface area contributed by atoms with Crippen LogP contribution < -0.4 is 5.69 Å². The Bertz CT molecular complexity index is 629. The maximum atomic E-state index is 12.0. The van der Waals surface area contributed by atoms with Crippen LogP contribution in [0.2, 0.25) is 0 Å². The predicted molar refractivity (Wildman–Crippen MR) is 70.0 cm³/mol. The molecule has 2 aromatic rings. The van der Waals surface area contributed by atoms with Gasteiger partial charge in [0.2, 0.25) is 0 Å². The fraction of sp³-hybridized carbons (Fsp3) is 0.462. The van der Waals surface area contributed by atoms with Gasteiger partial charge in [0.15, 0.2) is 0 Å². The molecule has 3 rings (SSSR count). The number of nitrogens with zero attached hydrogens (tertiary/aromatic N) is 2. The molecule has 0 aliphatic carbocycles. The van der Waals surface area contributed by atoms with Gasteiger partial charge in [-0.05, 0) is 25.1 Å². The van der Waals surface area contributed by atoms with E-state index >= 15 is 0 Å². The van der Waals surface area contributed by atoms with Crippen LogP contribution >= 0.6 is 0 Å². The highest BCUT2D eigenvalue weighted by Gasteiger charge is 2.25. The Balaban J connectivity index is 2.07. The van der Waals surface area contributed by atoms with E-state index in [2.05, 4.69) is 16.8 Å². The zero-order valence-corrected chi connectivity index (χ0v) is 10.4. The first-order valence-corrected chi connectivity index (χ1v) is 6.34. The third-order valence-corrected chi connectivity index (χ3v) is 3.76. The van der Waals surface area contributed by atoms with Gasteiger partial charge in [0, 0.05) is 19.2 Å². The molecule has 1 fully saturated rings. The number of benzene rings is 1. The van der Waals surface area contributed by atoms with Gasteiger partial charge >= 0.3 is 5.69 Å². The number of aromatic nitrogens is 2. The molecule has 0 spiro atoms. The number of aromatic hydroxyl groups is 1. The van der Waals surface area contributed by atoms with Crippen molar-refractivity contribution in [2.45, 2.75) is 19.4 Å². The number of nitrogens with one attached hydrogen (secondary N) is 1. The average Bonchev–Trinajstić information content (AvgIpc) is 2.91. The molecule has 5 heteroatoms. The van der Waals surface area contributed by atoms with Crippen LogP contribution in [-0.2, 0) is 0 Å². The van der Waals surface area contributed by atoms with Crippen molar-refractivity contribution in [2.24, 2.45) is 0 Å². The first-order chi connectivity index (χ1) is 8.69. The number of rotatable bonds is 2. The minimum absolute atomic E-state index is 0.0847. The van der Waals surface area contributed by atoms with Crippen LogP contribution in [0.4, 0.5) is 0 Å². The highest BCUT2D eigenvalue weighted by Crippen LogP contribution is 2.25. The van der Waals surface area contributed by atoms with Gasteiger partial charge in [-0.25, -0.2) is 4.79 Å². The van der Waals surface area contributed by atoms with Crippen LogP contribution in [0.15, 0.2) is 23.0 Å². The van der Waals surface area contributed by atoms with E-state index in [9.17, 15) is 9.90 Å². The second-order valence-corrected chi connectivity index (χ2v) is 4.84. The lowest BCUT2D eigenvalue weighted by Crippen LogP contribution is -2.26. The Labute approximate surface area is 105 Å². The van der Waals surface area contributed by atoms with Crippen molar-refractivity contribution in [1.29, 1.82) is 0 Å². The van der Waals surface area contributed by atoms with Gasteiger partial charge in [-0.15, -0.1) is 0 Å². The average molecular weight is 247 g/mol. The van der Waals surface area contributed by atoms with Crippen molar-refractivity contribution in [3.63, 3.8) is 0 Å². The molecule has 1 unspecified atom stereocenters. The van der Waals surface area contributed by atoms with Crippen molar-refractivity contribution >= 4 is 11.0 Å². The number of H-pyrrole nitrogens is 1. The zero-order valence-electron chi connectivity index (χ0n) is 10.4. The first-order valence-electron chi connectivity index (χ1n) is 6.34. The SMILES string of the molecule is CCN1CCC(n2c(=O)[nH]c3cc(O)ccc32)C1. The standard InChI is InChI=1S/C13H17N3O2/c1-2-15-6-5-9(8-15)16-12-4-3-10(17)7-11(12)14-13(16)18/h3-4,7,9,17H,2,5-6,8H2,1H3,(H,14,18). The Kier molecular flexibility index (Phi) is 2.63. The van der Waals surface area contributed by atoms with E-state index in [4.69, 9.17) is 0 Å². The van der Waals surface area contributed by atoms with E-state index in [0.717, 1.165) is 31.6 Å². The van der Waals surface area contributed by atoms with E-state index < -0.39 is 0 Å². The van der Waals surface area contributed by atoms with Gasteiger partial charge in [-0.3, -0.25) is 4.57 Å². The molecule has 1 saturated heterocycles. The van der Waals surface area contributed by atoms with Gasteiger partial charge in [-0.2, -0.15) is 0 Å². The number of phenols is 1. The number of hydrogen-bond acceptors (Lipinski definition) is 3. The van der Waals surface area contributed by atoms with Crippen molar-refractivity contribution in [2.75, 3.05) is 19.6 Å². The summed E-state index contributed by atoms with van der Waals surface area (Å²) in [6.45, 7) is 5.12. The van der Waals surface area contributed by atoms with Crippen molar-refractivity contribution in [1.82, 2.24) is 14.5 Å². The number of likely N-dealkylation sites (N-methyl/N-ethyl adjacent to an activating group) is 1. The summed E-state index contributed by atoms with van der Waals surface area (Å²) in [5, 5.41) is 9.44. The molecule has 1 aliphatic rings. The molecule has 1 aliphatic heterocycles. The maximum Gasteiger partial charge on any atom is 0.326 e. The number of aromatic amines is 1. The summed E-state index contributed by atoms with van der Waals surface area (Å²) in [5.74, 6) is 0.178. The van der Waals surface area contributed by atoms with Gasteiger partial charge in [0.1, 0.15) is 5.75 Å². The summed E-state index contributed by atoms with van der Waals surface area (Å²) in [4.78, 5) is 17.2. The topological polar surface area (TPSA) is 61.3 Å². The largest absolute Gasteiger partial charge is 0.508 e. The molecule has 0 saturated carbocycles. The summed E-state index contributed by atoms with van der Waals surface area (Å²) in [5.41, 5.74) is 1.49. The number of hydrogen-bond donors (Lipinski definition) is 2. The summed E-state index contributed by atoms with van der Waals surface area (Å²) in [6, 6.07) is 5.26. The molecule has 0 radical (unpaired) electrons. The highest BCUT2D eigenvalue weighted by molar-refractivity contribution is 5.77. The molecule has 5 nitrogen and oxygen atoms in total. The van der Waals surface area contributed by atoms with Gasteiger partial charge in [-0.1, -0.05) is 6.92 Å². The monoisotopic (exact) mass is 247 g/mol. The van der Waals surface area contributed by atoms with E-state index in [0.29, 0.717) is 5.52 Å². The van der Waals surface area contributed by atoms with E-state index in [-0.39, 0.29) is 17.5 Å². The Hall–Kier alpha value is -1.75. The Morgan fingerprint density at radius 2 is 2.33 bits per heavy atom. The quantitative estimate of drug-likeness (QED) is 0.841. The summed E-state index contributed by atoms with van der Waals surface area (Å²) >= 11 is 0. The predicted octanol–water partition coefficient (Wildman–Crippen LogP) is 1.30. The fourth-order valence-corrected chi connectivity index (χ4v) is 2.79. The molecular weight excluding hydrogens is 230 g/mol. The second-order valence-electron chi connectivity index (χ2n) is 4.84. The lowest BCUT2D eigenvalue weighted by Gasteiger charge is -2.14. The van der Waals surface area contributed by atoms with Crippen molar-refractivity contribution in [3.05, 3.63) is 28.7 Å². The fourth-order valence-electron chi connectivity index (χ4n) is 2.79. The molecular formula is C13H17N3O2. The summed E-state index contributed by atoms with van der Waals surface area (Å²) < 4.78 is 1.82. The van der Waals surface area contributed by atoms with Crippen LogP contribution in [0.1, 0.15) is 19.4 Å². The lowest BCUT2D eigenvalue weighted by molar-refractivity contribution is 0.341. The second kappa shape index (κ2) is 4.17. The van der Waals surface area contributed by atoms with Crippen LogP contribution in [0.25, 0.3) is 11.0 Å². The molecule has 1 aromatic heterocycles. The zero-order chi connectivity index (χ0) is 12.7. The normalized spacial score (nSPS) is 20.8. The molecule has 2 N–H and O–H groups in total. The highest BCUT2D eigenvalue weighted by atomic mass is 16.3. The smallest absolute Gasteiger partial charge is 0.326 e. The minimum Gasteiger partial charge on any atom is -0.508 e. The number of fused-ring (bicyclic) bond motifs is 1. The van der Waals surface area contributed by atoms with Gasteiger partial charge in [0.25, 0.3) is 0 Å². The van der Waals surface area contributed by atoms with Crippen LogP contribution in [-0.4, -0.2) is 39.2 Å². The minimum atomic E-state index is -0.0847. The van der Waals surface area contributed by atoms with E-state index in [1.54, 1.807) is 18.2 Å². The van der Waals surface area contributed by atoms with Crippen molar-refractivity contribution in [3.8, 4) is 5.75 Å². The molecule has 18 heavy (non-hydrogen) atoms. The number of phenolic OH excluding ortho intramolecular Hbond substituents is 1. The van der Waals surface area contributed by atoms with E-state index in [1.165, 1.54) is 0 Å². The molecule has 2 heterocycles. The van der Waals surface area contributed by atoms with Crippen LogP contribution in [0.5, 0.6) is 5.75 Å². The summed E-state index contributed by atoms with van der Waals surface area (Å²) in [6.07, 6.45) is 1.00. The maximum absolute atomic E-state index is 12.0. The molecule has 1 aromatic carbocycles. The summed E-state index contributed by atoms with van der Waals surface area (Å²) in [7, 11) is 0. The third-order valence-electron chi connectivity index (χ3n) is 3.76. The molecule has 0 amide bonds. The molecule has 96 valence electrons. The Morgan fingerprint density at radius 1 is 1.50 bits per heavy atom. The first kappa shape index (κ1) is 11.3. The van der Waals surface area contributed by atoms with Gasteiger partial charge in [0.05, 0.1) is 17.1 Å². The van der Waals surface area contributed by atoms with Gasteiger partial charge < -0.3 is 15.0 Å². The van der Waals surface area contributed by atoms with Crippen molar-refractivity contribution < 1.29 is 5.11 Å². The molecule has 0 bridgehead atoms.